The zero-order valence-corrected chi connectivity index (χ0v) is 14.8. The molecule has 0 saturated carbocycles. The molecular formula is C16H20ClN5OS. The topological polar surface area (TPSA) is 77.0 Å². The van der Waals surface area contributed by atoms with Crippen LogP contribution in [0.3, 0.4) is 0 Å². The lowest BCUT2D eigenvalue weighted by Gasteiger charge is -2.31. The smallest absolute Gasteiger partial charge is 0.232 e. The lowest BCUT2D eigenvalue weighted by molar-refractivity contribution is -0.129. The molecule has 2 heterocycles. The number of rotatable bonds is 5. The van der Waals surface area contributed by atoms with Gasteiger partial charge in [-0.15, -0.1) is 16.9 Å². The van der Waals surface area contributed by atoms with Crippen molar-refractivity contribution in [3.63, 3.8) is 0 Å². The van der Waals surface area contributed by atoms with Crippen molar-refractivity contribution < 1.29 is 4.79 Å². The van der Waals surface area contributed by atoms with Gasteiger partial charge in [0, 0.05) is 29.6 Å². The van der Waals surface area contributed by atoms with Crippen LogP contribution < -0.4 is 5.73 Å². The van der Waals surface area contributed by atoms with Crippen molar-refractivity contribution >= 4 is 29.3 Å². The number of benzene rings is 1. The number of hydrogen-bond donors (Lipinski definition) is 1. The van der Waals surface area contributed by atoms with Crippen molar-refractivity contribution in [3.05, 3.63) is 41.2 Å². The Hall–Kier alpha value is -1.57. The summed E-state index contributed by atoms with van der Waals surface area (Å²) in [6.07, 6.45) is 3.69. The van der Waals surface area contributed by atoms with Crippen molar-refractivity contribution in [1.29, 1.82) is 0 Å². The number of carbonyl (C=O) groups excluding carboxylic acids is 1. The van der Waals surface area contributed by atoms with Gasteiger partial charge in [-0.3, -0.25) is 4.79 Å². The molecule has 1 aliphatic heterocycles. The van der Waals surface area contributed by atoms with Gasteiger partial charge in [0.15, 0.2) is 0 Å². The molecule has 1 aromatic heterocycles. The molecule has 0 spiro atoms. The van der Waals surface area contributed by atoms with Crippen LogP contribution in [0.5, 0.6) is 0 Å². The average molecular weight is 366 g/mol. The Bertz CT molecular complexity index is 682. The molecule has 0 bridgehead atoms. The third kappa shape index (κ3) is 4.28. The summed E-state index contributed by atoms with van der Waals surface area (Å²) >= 11 is 7.41. The molecule has 0 unspecified atom stereocenters. The molecule has 2 aromatic rings. The van der Waals surface area contributed by atoms with Crippen molar-refractivity contribution in [1.82, 2.24) is 19.9 Å². The Kier molecular flexibility index (Phi) is 5.76. The van der Waals surface area contributed by atoms with Crippen LogP contribution >= 0.6 is 23.4 Å². The number of aromatic nitrogens is 3. The highest BCUT2D eigenvalue weighted by molar-refractivity contribution is 8.00. The second-order valence-electron chi connectivity index (χ2n) is 5.75. The van der Waals surface area contributed by atoms with E-state index in [2.05, 4.69) is 10.3 Å². The first kappa shape index (κ1) is 17.3. The number of nitrogens with zero attached hydrogens (tertiary/aromatic N) is 4. The standard InChI is InChI=1S/C16H20ClN5OS/c17-12-1-3-15(4-2-12)24-11-16(23)21-7-5-14(6-8-21)22-10-13(9-18)19-20-22/h1-4,10,14H,5-9,11,18H2. The third-order valence-corrected chi connectivity index (χ3v) is 5.38. The van der Waals surface area contributed by atoms with E-state index in [-0.39, 0.29) is 5.91 Å². The average Bonchev–Trinajstić information content (AvgIpc) is 3.10. The summed E-state index contributed by atoms with van der Waals surface area (Å²) in [6, 6.07) is 7.85. The first-order valence-corrected chi connectivity index (χ1v) is 9.29. The zero-order chi connectivity index (χ0) is 16.9. The first-order chi connectivity index (χ1) is 11.7. The molecule has 24 heavy (non-hydrogen) atoms. The molecule has 0 radical (unpaired) electrons. The summed E-state index contributed by atoms with van der Waals surface area (Å²) in [5.74, 6) is 0.627. The minimum atomic E-state index is 0.176. The van der Waals surface area contributed by atoms with E-state index in [0.717, 1.165) is 36.5 Å². The maximum absolute atomic E-state index is 12.4. The molecule has 1 amide bonds. The first-order valence-electron chi connectivity index (χ1n) is 7.92. The van der Waals surface area contributed by atoms with Crippen LogP contribution in [0.2, 0.25) is 5.02 Å². The molecule has 8 heteroatoms. The quantitative estimate of drug-likeness (QED) is 0.823. The highest BCUT2D eigenvalue weighted by Gasteiger charge is 2.24. The van der Waals surface area contributed by atoms with Crippen LogP contribution in [-0.4, -0.2) is 44.6 Å². The molecule has 1 fully saturated rings. The molecule has 128 valence electrons. The number of carbonyl (C=O) groups is 1. The van der Waals surface area contributed by atoms with Crippen molar-refractivity contribution in [2.75, 3.05) is 18.8 Å². The van der Waals surface area contributed by atoms with E-state index in [9.17, 15) is 4.79 Å². The van der Waals surface area contributed by atoms with Gasteiger partial charge in [0.25, 0.3) is 0 Å². The summed E-state index contributed by atoms with van der Waals surface area (Å²) < 4.78 is 1.88. The fraction of sp³-hybridized carbons (Fsp3) is 0.438. The molecule has 6 nitrogen and oxygen atoms in total. The summed E-state index contributed by atoms with van der Waals surface area (Å²) in [6.45, 7) is 1.91. The van der Waals surface area contributed by atoms with Gasteiger partial charge in [-0.05, 0) is 37.1 Å². The fourth-order valence-corrected chi connectivity index (χ4v) is 3.66. The van der Waals surface area contributed by atoms with Crippen LogP contribution in [0.4, 0.5) is 0 Å². The predicted molar refractivity (Wildman–Crippen MR) is 94.9 cm³/mol. The zero-order valence-electron chi connectivity index (χ0n) is 13.3. The van der Waals surface area contributed by atoms with Crippen LogP contribution in [-0.2, 0) is 11.3 Å². The largest absolute Gasteiger partial charge is 0.342 e. The van der Waals surface area contributed by atoms with E-state index in [1.165, 1.54) is 0 Å². The van der Waals surface area contributed by atoms with E-state index in [4.69, 9.17) is 17.3 Å². The minimum absolute atomic E-state index is 0.176. The minimum Gasteiger partial charge on any atom is -0.342 e. The number of likely N-dealkylation sites (tertiary alicyclic amines) is 1. The Morgan fingerprint density at radius 3 is 2.62 bits per heavy atom. The van der Waals surface area contributed by atoms with Crippen LogP contribution in [0.15, 0.2) is 35.4 Å². The highest BCUT2D eigenvalue weighted by Crippen LogP contribution is 2.24. The fourth-order valence-electron chi connectivity index (χ4n) is 2.73. The molecule has 1 saturated heterocycles. The monoisotopic (exact) mass is 365 g/mol. The summed E-state index contributed by atoms with van der Waals surface area (Å²) in [7, 11) is 0. The Labute approximate surface area is 150 Å². The second kappa shape index (κ2) is 8.00. The van der Waals surface area contributed by atoms with Gasteiger partial charge in [-0.2, -0.15) is 0 Å². The normalized spacial score (nSPS) is 15.7. The van der Waals surface area contributed by atoms with Gasteiger partial charge >= 0.3 is 0 Å². The second-order valence-corrected chi connectivity index (χ2v) is 7.23. The van der Waals surface area contributed by atoms with Crippen LogP contribution in [0.1, 0.15) is 24.6 Å². The van der Waals surface area contributed by atoms with Gasteiger partial charge in [0.05, 0.1) is 23.7 Å². The van der Waals surface area contributed by atoms with E-state index in [1.807, 2.05) is 40.0 Å². The molecule has 2 N–H and O–H groups in total. The van der Waals surface area contributed by atoms with Gasteiger partial charge in [-0.25, -0.2) is 4.68 Å². The molecule has 0 aliphatic carbocycles. The molecular weight excluding hydrogens is 346 g/mol. The van der Waals surface area contributed by atoms with E-state index in [0.29, 0.717) is 23.4 Å². The summed E-state index contributed by atoms with van der Waals surface area (Å²) in [4.78, 5) is 15.3. The highest BCUT2D eigenvalue weighted by atomic mass is 35.5. The number of thioether (sulfide) groups is 1. The number of halogens is 1. The van der Waals surface area contributed by atoms with Gasteiger partial charge < -0.3 is 10.6 Å². The molecule has 1 aliphatic rings. The number of piperidine rings is 1. The van der Waals surface area contributed by atoms with Crippen LogP contribution in [0, 0.1) is 0 Å². The number of hydrogen-bond acceptors (Lipinski definition) is 5. The Morgan fingerprint density at radius 1 is 1.29 bits per heavy atom. The SMILES string of the molecule is NCc1cn(C2CCN(C(=O)CSc3ccc(Cl)cc3)CC2)nn1. The van der Waals surface area contributed by atoms with Crippen molar-refractivity contribution in [3.8, 4) is 0 Å². The van der Waals surface area contributed by atoms with E-state index >= 15 is 0 Å². The van der Waals surface area contributed by atoms with Crippen LogP contribution in [0.25, 0.3) is 0 Å². The number of amides is 1. The Balaban J connectivity index is 1.47. The summed E-state index contributed by atoms with van der Waals surface area (Å²) in [5, 5.41) is 8.87. The van der Waals surface area contributed by atoms with Gasteiger partial charge in [0.2, 0.25) is 5.91 Å². The number of nitrogens with two attached hydrogens (primary N) is 1. The summed E-state index contributed by atoms with van der Waals surface area (Å²) in [5.41, 5.74) is 6.36. The lowest BCUT2D eigenvalue weighted by Crippen LogP contribution is -2.40. The molecule has 3 rings (SSSR count). The molecule has 0 atom stereocenters. The lowest BCUT2D eigenvalue weighted by atomic mass is 10.1. The van der Waals surface area contributed by atoms with E-state index < -0.39 is 0 Å². The Morgan fingerprint density at radius 2 is 2.00 bits per heavy atom. The van der Waals surface area contributed by atoms with Crippen molar-refractivity contribution in [2.24, 2.45) is 5.73 Å². The maximum atomic E-state index is 12.4. The van der Waals surface area contributed by atoms with E-state index in [1.54, 1.807) is 11.8 Å². The van der Waals surface area contributed by atoms with Gasteiger partial charge in [0.1, 0.15) is 0 Å². The maximum Gasteiger partial charge on any atom is 0.232 e. The van der Waals surface area contributed by atoms with Crippen molar-refractivity contribution in [2.45, 2.75) is 30.3 Å². The molecule has 1 aromatic carbocycles. The third-order valence-electron chi connectivity index (χ3n) is 4.13. The predicted octanol–water partition coefficient (Wildman–Crippen LogP) is 2.35. The van der Waals surface area contributed by atoms with Gasteiger partial charge in [-0.1, -0.05) is 16.8 Å².